The highest BCUT2D eigenvalue weighted by molar-refractivity contribution is 14.1. The minimum absolute atomic E-state index is 0.148. The Morgan fingerprint density at radius 2 is 1.95 bits per heavy atom. The highest BCUT2D eigenvalue weighted by Gasteiger charge is 2.54. The van der Waals surface area contributed by atoms with E-state index < -0.39 is 15.8 Å². The van der Waals surface area contributed by atoms with Crippen molar-refractivity contribution in [3.05, 3.63) is 0 Å². The molecule has 0 spiro atoms. The van der Waals surface area contributed by atoms with Crippen molar-refractivity contribution in [3.8, 4) is 0 Å². The minimum atomic E-state index is -0.794. The lowest BCUT2D eigenvalue weighted by atomic mass is 9.98. The lowest BCUT2D eigenvalue weighted by molar-refractivity contribution is -0.314. The van der Waals surface area contributed by atoms with Crippen LogP contribution >= 0.6 is 22.6 Å². The molecule has 0 aromatic carbocycles. The molecule has 3 fully saturated rings. The van der Waals surface area contributed by atoms with Crippen molar-refractivity contribution in [2.45, 2.75) is 54.4 Å². The Balaban J connectivity index is 1.71. The van der Waals surface area contributed by atoms with Gasteiger partial charge in [-0.3, -0.25) is 4.79 Å². The largest absolute Gasteiger partial charge is 0.432 e. The van der Waals surface area contributed by atoms with Crippen LogP contribution in [0.5, 0.6) is 0 Å². The molecule has 3 aliphatic rings. The summed E-state index contributed by atoms with van der Waals surface area (Å²) in [6, 6.07) is 0. The molecule has 21 heavy (non-hydrogen) atoms. The smallest absolute Gasteiger partial charge is 0.324 e. The first-order valence-corrected chi connectivity index (χ1v) is 8.09. The summed E-state index contributed by atoms with van der Waals surface area (Å²) in [5.74, 6) is -0.319. The summed E-state index contributed by atoms with van der Waals surface area (Å²) in [5, 5.41) is 0. The predicted octanol–water partition coefficient (Wildman–Crippen LogP) is 0.973. The maximum absolute atomic E-state index is 12.2. The van der Waals surface area contributed by atoms with Crippen LogP contribution in [-0.4, -0.2) is 60.3 Å². The van der Waals surface area contributed by atoms with Crippen LogP contribution in [-0.2, 0) is 33.2 Å². The average Bonchev–Trinajstić information content (AvgIpc) is 2.97. The highest BCUT2D eigenvalue weighted by atomic mass is 127. The molecule has 3 saturated heterocycles. The lowest BCUT2D eigenvalue weighted by Gasteiger charge is -2.43. The molecule has 3 aliphatic heterocycles. The van der Waals surface area contributed by atoms with Gasteiger partial charge in [0.05, 0.1) is 6.61 Å². The maximum Gasteiger partial charge on any atom is 0.324 e. The van der Waals surface area contributed by atoms with Crippen molar-refractivity contribution in [1.29, 1.82) is 0 Å². The number of alkyl halides is 1. The molecule has 6 atom stereocenters. The molecule has 3 heterocycles. The van der Waals surface area contributed by atoms with Crippen molar-refractivity contribution in [3.63, 3.8) is 0 Å². The quantitative estimate of drug-likeness (QED) is 0.387. The van der Waals surface area contributed by atoms with Gasteiger partial charge in [-0.25, -0.2) is 0 Å². The number of hydrogen-bond donors (Lipinski definition) is 0. The fourth-order valence-corrected chi connectivity index (χ4v) is 2.66. The van der Waals surface area contributed by atoms with Crippen LogP contribution in [0.3, 0.4) is 0 Å². The summed E-state index contributed by atoms with van der Waals surface area (Å²) in [6.07, 6.45) is -1.45. The van der Waals surface area contributed by atoms with E-state index in [9.17, 15) is 4.79 Å². The Morgan fingerprint density at radius 1 is 1.24 bits per heavy atom. The molecular formula is C13H19IO7. The van der Waals surface area contributed by atoms with E-state index in [0.717, 1.165) is 0 Å². The third kappa shape index (κ3) is 3.06. The topological polar surface area (TPSA) is 72.5 Å². The van der Waals surface area contributed by atoms with Crippen LogP contribution < -0.4 is 0 Å². The van der Waals surface area contributed by atoms with Crippen LogP contribution in [0, 0.1) is 0 Å². The van der Waals surface area contributed by atoms with E-state index in [4.69, 9.17) is 28.4 Å². The van der Waals surface area contributed by atoms with E-state index in [1.54, 1.807) is 0 Å². The molecule has 0 radical (unpaired) electrons. The molecule has 0 bridgehead atoms. The standard InChI is InChI=1S/C13H19IO7/c1-3-13(2,14)12(15)21-11-10-9(18-6-19-10)8-7(20-11)4-16-5-17-8/h7-11H,3-6H2,1-2H3. The first kappa shape index (κ1) is 15.9. The molecule has 7 nitrogen and oxygen atoms in total. The van der Waals surface area contributed by atoms with Crippen LogP contribution in [0.4, 0.5) is 0 Å². The Hall–Kier alpha value is -0.0000000000000000694. The van der Waals surface area contributed by atoms with E-state index in [2.05, 4.69) is 22.6 Å². The number of rotatable bonds is 3. The minimum Gasteiger partial charge on any atom is -0.432 e. The number of carbonyl (C=O) groups is 1. The lowest BCUT2D eigenvalue weighted by Crippen LogP contribution is -2.61. The fraction of sp³-hybridized carbons (Fsp3) is 0.923. The normalized spacial score (nSPS) is 41.8. The summed E-state index contributed by atoms with van der Waals surface area (Å²) in [4.78, 5) is 12.2. The van der Waals surface area contributed by atoms with Gasteiger partial charge >= 0.3 is 5.97 Å². The fourth-order valence-electron chi connectivity index (χ4n) is 2.53. The van der Waals surface area contributed by atoms with Gasteiger partial charge in [-0.2, -0.15) is 0 Å². The highest BCUT2D eigenvalue weighted by Crippen LogP contribution is 2.35. The molecular weight excluding hydrogens is 395 g/mol. The van der Waals surface area contributed by atoms with E-state index in [1.807, 2.05) is 13.8 Å². The Bertz CT molecular complexity index is 402. The van der Waals surface area contributed by atoms with Gasteiger partial charge in [-0.1, -0.05) is 29.5 Å². The number of hydrogen-bond acceptors (Lipinski definition) is 7. The van der Waals surface area contributed by atoms with Gasteiger partial charge < -0.3 is 28.4 Å². The summed E-state index contributed by atoms with van der Waals surface area (Å²) in [6.45, 7) is 4.52. The number of ether oxygens (including phenoxy) is 6. The van der Waals surface area contributed by atoms with Crippen molar-refractivity contribution in [2.24, 2.45) is 0 Å². The molecule has 8 heteroatoms. The number of halogens is 1. The average molecular weight is 414 g/mol. The van der Waals surface area contributed by atoms with E-state index >= 15 is 0 Å². The first-order chi connectivity index (χ1) is 10.0. The summed E-state index contributed by atoms with van der Waals surface area (Å²) < 4.78 is 32.6. The van der Waals surface area contributed by atoms with E-state index in [-0.39, 0.29) is 37.9 Å². The second-order valence-electron chi connectivity index (χ2n) is 5.50. The van der Waals surface area contributed by atoms with Crippen molar-refractivity contribution < 1.29 is 33.2 Å². The second-order valence-corrected chi connectivity index (χ2v) is 7.88. The number of esters is 1. The summed E-state index contributed by atoms with van der Waals surface area (Å²) in [7, 11) is 0. The zero-order valence-corrected chi connectivity index (χ0v) is 14.1. The SMILES string of the molecule is CCC(C)(I)C(=O)OC1OC2COCOC2C2OCOC12. The third-order valence-electron chi connectivity index (χ3n) is 4.05. The van der Waals surface area contributed by atoms with E-state index in [1.165, 1.54) is 0 Å². The molecule has 0 saturated carbocycles. The van der Waals surface area contributed by atoms with E-state index in [0.29, 0.717) is 13.0 Å². The number of carbonyl (C=O) groups excluding carboxylic acids is 1. The van der Waals surface area contributed by atoms with Crippen molar-refractivity contribution >= 4 is 28.6 Å². The molecule has 6 unspecified atom stereocenters. The predicted molar refractivity (Wildman–Crippen MR) is 77.8 cm³/mol. The second kappa shape index (κ2) is 6.25. The van der Waals surface area contributed by atoms with Crippen LogP contribution in [0.25, 0.3) is 0 Å². The van der Waals surface area contributed by atoms with Crippen LogP contribution in [0.1, 0.15) is 20.3 Å². The maximum atomic E-state index is 12.2. The Kier molecular flexibility index (Phi) is 4.72. The molecule has 0 aliphatic carbocycles. The van der Waals surface area contributed by atoms with Gasteiger partial charge in [-0.05, 0) is 13.3 Å². The molecule has 0 N–H and O–H groups in total. The van der Waals surface area contributed by atoms with Gasteiger partial charge in [-0.15, -0.1) is 0 Å². The zero-order valence-electron chi connectivity index (χ0n) is 12.0. The first-order valence-electron chi connectivity index (χ1n) is 7.01. The van der Waals surface area contributed by atoms with Crippen LogP contribution in [0.15, 0.2) is 0 Å². The molecule has 0 aromatic heterocycles. The number of fused-ring (bicyclic) bond motifs is 3. The van der Waals surface area contributed by atoms with Crippen molar-refractivity contribution in [1.82, 2.24) is 0 Å². The van der Waals surface area contributed by atoms with Gasteiger partial charge in [0.25, 0.3) is 0 Å². The van der Waals surface area contributed by atoms with Gasteiger partial charge in [0, 0.05) is 0 Å². The molecule has 120 valence electrons. The Labute approximate surface area is 136 Å². The monoisotopic (exact) mass is 414 g/mol. The van der Waals surface area contributed by atoms with Crippen LogP contribution in [0.2, 0.25) is 0 Å². The van der Waals surface area contributed by atoms with Gasteiger partial charge in [0.15, 0.2) is 6.10 Å². The van der Waals surface area contributed by atoms with Crippen molar-refractivity contribution in [2.75, 3.05) is 20.2 Å². The third-order valence-corrected chi connectivity index (χ3v) is 5.25. The summed E-state index contributed by atoms with van der Waals surface area (Å²) >= 11 is 2.09. The molecule has 3 rings (SSSR count). The zero-order chi connectivity index (χ0) is 15.0. The molecule has 0 amide bonds. The van der Waals surface area contributed by atoms with Gasteiger partial charge in [0.1, 0.15) is 35.3 Å². The Morgan fingerprint density at radius 3 is 2.71 bits per heavy atom. The molecule has 0 aromatic rings. The summed E-state index contributed by atoms with van der Waals surface area (Å²) in [5.41, 5.74) is 0. The van der Waals surface area contributed by atoms with Gasteiger partial charge in [0.2, 0.25) is 6.29 Å².